The van der Waals surface area contributed by atoms with Crippen LogP contribution in [0.3, 0.4) is 0 Å². The van der Waals surface area contributed by atoms with Crippen molar-refractivity contribution >= 4 is 11.7 Å². The molecular weight excluding hydrogens is 238 g/mol. The van der Waals surface area contributed by atoms with Gasteiger partial charge in [-0.05, 0) is 18.2 Å². The summed E-state index contributed by atoms with van der Waals surface area (Å²) >= 11 is 0. The molecule has 0 unspecified atom stereocenters. The number of carbonyl (C=O) groups is 1. The maximum Gasteiger partial charge on any atom is 0.338 e. The van der Waals surface area contributed by atoms with Crippen molar-refractivity contribution in [1.29, 1.82) is 0 Å². The summed E-state index contributed by atoms with van der Waals surface area (Å²) in [7, 11) is 1.22. The molecule has 2 aromatic rings. The third kappa shape index (κ3) is 2.22. The largest absolute Gasteiger partial charge is 0.465 e. The zero-order valence-corrected chi connectivity index (χ0v) is 9.45. The van der Waals surface area contributed by atoms with Crippen LogP contribution in [0.1, 0.15) is 10.4 Å². The van der Waals surface area contributed by atoms with Crippen LogP contribution in [-0.2, 0) is 4.74 Å². The number of carbonyl (C=O) groups excluding carboxylic acids is 1. The zero-order chi connectivity index (χ0) is 13.1. The van der Waals surface area contributed by atoms with E-state index in [1.54, 1.807) is 12.1 Å². The molecule has 1 aromatic heterocycles. The minimum absolute atomic E-state index is 0.109. The second-order valence-corrected chi connectivity index (χ2v) is 3.49. The number of benzene rings is 1. The average molecular weight is 247 g/mol. The highest BCUT2D eigenvalue weighted by Gasteiger charge is 2.16. The minimum atomic E-state index is -0.633. The van der Waals surface area contributed by atoms with E-state index < -0.39 is 10.9 Å². The molecule has 0 aliphatic carbocycles. The Morgan fingerprint density at radius 1 is 1.39 bits per heavy atom. The number of methoxy groups -OCH3 is 1. The van der Waals surface area contributed by atoms with E-state index in [1.165, 1.54) is 25.5 Å². The summed E-state index contributed by atoms with van der Waals surface area (Å²) in [5, 5.41) is 10.8. The molecule has 0 fully saturated rings. The number of hydrogen-bond acceptors (Lipinski definition) is 5. The number of hydrogen-bond donors (Lipinski definition) is 0. The Labute approximate surface area is 102 Å². The van der Waals surface area contributed by atoms with Gasteiger partial charge in [-0.3, -0.25) is 10.1 Å². The predicted octanol–water partition coefficient (Wildman–Crippen LogP) is 2.64. The summed E-state index contributed by atoms with van der Waals surface area (Å²) in [6.45, 7) is 0. The number of esters is 1. The lowest BCUT2D eigenvalue weighted by atomic mass is 10.1. The van der Waals surface area contributed by atoms with E-state index in [0.717, 1.165) is 6.07 Å². The molecule has 6 heteroatoms. The van der Waals surface area contributed by atoms with Gasteiger partial charge in [0, 0.05) is 17.7 Å². The van der Waals surface area contributed by atoms with E-state index >= 15 is 0 Å². The van der Waals surface area contributed by atoms with E-state index in [0.29, 0.717) is 11.3 Å². The fourth-order valence-electron chi connectivity index (χ4n) is 1.54. The quantitative estimate of drug-likeness (QED) is 0.473. The highest BCUT2D eigenvalue weighted by Crippen LogP contribution is 2.26. The summed E-state index contributed by atoms with van der Waals surface area (Å²) in [5.74, 6) is -0.185. The van der Waals surface area contributed by atoms with E-state index in [2.05, 4.69) is 4.74 Å². The molecule has 1 heterocycles. The van der Waals surface area contributed by atoms with Crippen LogP contribution in [0.2, 0.25) is 0 Å². The minimum Gasteiger partial charge on any atom is -0.465 e. The third-order valence-corrected chi connectivity index (χ3v) is 2.36. The number of non-ortho nitro benzene ring substituents is 1. The molecule has 1 aromatic carbocycles. The van der Waals surface area contributed by atoms with Crippen molar-refractivity contribution in [2.24, 2.45) is 0 Å². The molecule has 92 valence electrons. The number of ether oxygens (including phenoxy) is 1. The lowest BCUT2D eigenvalue weighted by Crippen LogP contribution is -2.02. The smallest absolute Gasteiger partial charge is 0.338 e. The second kappa shape index (κ2) is 4.70. The number of rotatable bonds is 3. The molecular formula is C12H9NO5. The van der Waals surface area contributed by atoms with Gasteiger partial charge in [-0.1, -0.05) is 0 Å². The number of nitro benzene ring substituents is 1. The molecule has 0 atom stereocenters. The first-order valence-corrected chi connectivity index (χ1v) is 5.03. The lowest BCUT2D eigenvalue weighted by molar-refractivity contribution is -0.384. The molecule has 0 aliphatic rings. The average Bonchev–Trinajstić information content (AvgIpc) is 2.91. The number of furan rings is 1. The summed E-state index contributed by atoms with van der Waals surface area (Å²) in [6, 6.07) is 7.30. The zero-order valence-electron chi connectivity index (χ0n) is 9.45. The van der Waals surface area contributed by atoms with Crippen molar-refractivity contribution in [3.05, 3.63) is 52.3 Å². The number of nitro groups is 1. The molecule has 0 bridgehead atoms. The fourth-order valence-corrected chi connectivity index (χ4v) is 1.54. The molecule has 0 spiro atoms. The van der Waals surface area contributed by atoms with E-state index in [1.807, 2.05) is 0 Å². The summed E-state index contributed by atoms with van der Waals surface area (Å²) in [6.07, 6.45) is 1.45. The highest BCUT2D eigenvalue weighted by atomic mass is 16.6. The standard InChI is InChI=1S/C12H9NO5/c1-17-12(14)9-5-8(11-3-2-4-18-11)6-10(7-9)13(15)16/h2-7H,1H3. The van der Waals surface area contributed by atoms with Gasteiger partial charge >= 0.3 is 5.97 Å². The first-order valence-electron chi connectivity index (χ1n) is 5.03. The van der Waals surface area contributed by atoms with E-state index in [4.69, 9.17) is 4.42 Å². The predicted molar refractivity (Wildman–Crippen MR) is 62.1 cm³/mol. The fraction of sp³-hybridized carbons (Fsp3) is 0.0833. The van der Waals surface area contributed by atoms with Crippen molar-refractivity contribution in [1.82, 2.24) is 0 Å². The Balaban J connectivity index is 2.57. The van der Waals surface area contributed by atoms with Gasteiger partial charge in [0.15, 0.2) is 0 Å². The molecule has 6 nitrogen and oxygen atoms in total. The van der Waals surface area contributed by atoms with E-state index in [-0.39, 0.29) is 11.3 Å². The van der Waals surface area contributed by atoms with Gasteiger partial charge in [0.25, 0.3) is 5.69 Å². The molecule has 0 amide bonds. The van der Waals surface area contributed by atoms with Gasteiger partial charge in [-0.15, -0.1) is 0 Å². The van der Waals surface area contributed by atoms with Crippen molar-refractivity contribution in [3.63, 3.8) is 0 Å². The van der Waals surface area contributed by atoms with Gasteiger partial charge in [-0.25, -0.2) is 4.79 Å². The van der Waals surface area contributed by atoms with Gasteiger partial charge in [0.2, 0.25) is 0 Å². The Hall–Kier alpha value is -2.63. The Morgan fingerprint density at radius 2 is 2.17 bits per heavy atom. The molecule has 0 saturated carbocycles. The van der Waals surface area contributed by atoms with Crippen LogP contribution in [0.4, 0.5) is 5.69 Å². The maximum absolute atomic E-state index is 11.4. The Kier molecular flexibility index (Phi) is 3.09. The Morgan fingerprint density at radius 3 is 2.72 bits per heavy atom. The normalized spacial score (nSPS) is 10.1. The molecule has 0 aliphatic heterocycles. The summed E-state index contributed by atoms with van der Waals surface area (Å²) in [5.41, 5.74) is 0.372. The maximum atomic E-state index is 11.4. The van der Waals surface area contributed by atoms with Crippen molar-refractivity contribution in [2.75, 3.05) is 7.11 Å². The molecule has 0 radical (unpaired) electrons. The SMILES string of the molecule is COC(=O)c1cc(-c2ccco2)cc([N+](=O)[O-])c1. The molecule has 0 N–H and O–H groups in total. The lowest BCUT2D eigenvalue weighted by Gasteiger charge is -2.02. The second-order valence-electron chi connectivity index (χ2n) is 3.49. The van der Waals surface area contributed by atoms with Gasteiger partial charge < -0.3 is 9.15 Å². The van der Waals surface area contributed by atoms with Crippen LogP contribution >= 0.6 is 0 Å². The first kappa shape index (κ1) is 11.8. The van der Waals surface area contributed by atoms with Crippen LogP contribution in [0, 0.1) is 10.1 Å². The first-order chi connectivity index (χ1) is 8.61. The van der Waals surface area contributed by atoms with Crippen molar-refractivity contribution in [3.8, 4) is 11.3 Å². The van der Waals surface area contributed by atoms with Crippen LogP contribution in [0.5, 0.6) is 0 Å². The van der Waals surface area contributed by atoms with Crippen molar-refractivity contribution in [2.45, 2.75) is 0 Å². The van der Waals surface area contributed by atoms with Crippen LogP contribution in [-0.4, -0.2) is 18.0 Å². The van der Waals surface area contributed by atoms with Crippen molar-refractivity contribution < 1.29 is 18.9 Å². The van der Waals surface area contributed by atoms with E-state index in [9.17, 15) is 14.9 Å². The van der Waals surface area contributed by atoms with Gasteiger partial charge in [0.1, 0.15) is 5.76 Å². The summed E-state index contributed by atoms with van der Waals surface area (Å²) < 4.78 is 9.70. The van der Waals surface area contributed by atoms with Gasteiger partial charge in [0.05, 0.1) is 23.9 Å². The topological polar surface area (TPSA) is 82.6 Å². The third-order valence-electron chi connectivity index (χ3n) is 2.36. The molecule has 18 heavy (non-hydrogen) atoms. The molecule has 0 saturated heterocycles. The van der Waals surface area contributed by atoms with Crippen LogP contribution in [0.25, 0.3) is 11.3 Å². The summed E-state index contributed by atoms with van der Waals surface area (Å²) in [4.78, 5) is 21.7. The molecule has 2 rings (SSSR count). The highest BCUT2D eigenvalue weighted by molar-refractivity contribution is 5.91. The van der Waals surface area contributed by atoms with Gasteiger partial charge in [-0.2, -0.15) is 0 Å². The van der Waals surface area contributed by atoms with Crippen LogP contribution < -0.4 is 0 Å². The number of nitrogens with zero attached hydrogens (tertiary/aromatic N) is 1. The van der Waals surface area contributed by atoms with Crippen LogP contribution in [0.15, 0.2) is 41.0 Å². The Bertz CT molecular complexity index is 589. The monoisotopic (exact) mass is 247 g/mol.